The third-order valence-electron chi connectivity index (χ3n) is 3.97. The Balaban J connectivity index is 1.57. The van der Waals surface area contributed by atoms with E-state index in [0.717, 1.165) is 17.0 Å². The lowest BCUT2D eigenvalue weighted by Crippen LogP contribution is -2.27. The summed E-state index contributed by atoms with van der Waals surface area (Å²) in [6, 6.07) is 14.4. The zero-order chi connectivity index (χ0) is 21.7. The van der Waals surface area contributed by atoms with Gasteiger partial charge in [0.25, 0.3) is 0 Å². The Kier molecular flexibility index (Phi) is 6.15. The summed E-state index contributed by atoms with van der Waals surface area (Å²) in [5.74, 6) is 1.16. The highest BCUT2D eigenvalue weighted by Crippen LogP contribution is 2.20. The Labute approximate surface area is 175 Å². The van der Waals surface area contributed by atoms with Crippen molar-refractivity contribution in [3.63, 3.8) is 0 Å². The van der Waals surface area contributed by atoms with Crippen molar-refractivity contribution in [2.45, 2.75) is 39.7 Å². The molecule has 0 fully saturated rings. The van der Waals surface area contributed by atoms with Crippen molar-refractivity contribution in [2.24, 2.45) is 0 Å². The van der Waals surface area contributed by atoms with E-state index in [-0.39, 0.29) is 12.3 Å². The lowest BCUT2D eigenvalue weighted by molar-refractivity contribution is -0.115. The molecule has 2 amide bonds. The summed E-state index contributed by atoms with van der Waals surface area (Å²) in [6.45, 7) is 7.24. The zero-order valence-corrected chi connectivity index (χ0v) is 17.4. The maximum atomic E-state index is 12.4. The van der Waals surface area contributed by atoms with Gasteiger partial charge < -0.3 is 10.1 Å². The average Bonchev–Trinajstić information content (AvgIpc) is 3.08. The number of carbonyl (C=O) groups is 2. The van der Waals surface area contributed by atoms with Crippen LogP contribution in [0.4, 0.5) is 16.2 Å². The molecule has 156 valence electrons. The molecule has 0 aliphatic rings. The molecule has 0 aliphatic heterocycles. The van der Waals surface area contributed by atoms with Crippen molar-refractivity contribution in [3.8, 4) is 11.4 Å². The molecule has 0 saturated carbocycles. The van der Waals surface area contributed by atoms with Gasteiger partial charge in [-0.15, -0.1) is 0 Å². The third-order valence-corrected chi connectivity index (χ3v) is 3.97. The molecular formula is C22H25N5O3. The molecule has 8 heteroatoms. The highest BCUT2D eigenvalue weighted by molar-refractivity contribution is 5.93. The minimum atomic E-state index is -0.564. The molecule has 2 aromatic carbocycles. The van der Waals surface area contributed by atoms with Gasteiger partial charge in [-0.3, -0.25) is 15.2 Å². The van der Waals surface area contributed by atoms with Crippen LogP contribution >= 0.6 is 0 Å². The first-order valence-corrected chi connectivity index (χ1v) is 9.56. The smallest absolute Gasteiger partial charge is 0.412 e. The van der Waals surface area contributed by atoms with Crippen LogP contribution in [0.25, 0.3) is 11.4 Å². The molecule has 8 nitrogen and oxygen atoms in total. The van der Waals surface area contributed by atoms with Crippen LogP contribution in [0.15, 0.2) is 48.5 Å². The minimum Gasteiger partial charge on any atom is -0.444 e. The van der Waals surface area contributed by atoms with Crippen molar-refractivity contribution in [2.75, 3.05) is 10.6 Å². The van der Waals surface area contributed by atoms with Crippen molar-refractivity contribution < 1.29 is 14.3 Å². The van der Waals surface area contributed by atoms with Crippen LogP contribution in [-0.4, -0.2) is 32.8 Å². The number of hydrogen-bond acceptors (Lipinski definition) is 5. The molecular weight excluding hydrogens is 382 g/mol. The monoisotopic (exact) mass is 407 g/mol. The van der Waals surface area contributed by atoms with Crippen LogP contribution in [0.5, 0.6) is 0 Å². The Morgan fingerprint density at radius 1 is 1.03 bits per heavy atom. The molecule has 1 aromatic heterocycles. The van der Waals surface area contributed by atoms with E-state index in [1.165, 1.54) is 0 Å². The van der Waals surface area contributed by atoms with Crippen LogP contribution in [0, 0.1) is 6.92 Å². The number of aromatic nitrogens is 3. The lowest BCUT2D eigenvalue weighted by Gasteiger charge is -2.19. The molecule has 0 bridgehead atoms. The summed E-state index contributed by atoms with van der Waals surface area (Å²) >= 11 is 0. The molecule has 0 aliphatic carbocycles. The van der Waals surface area contributed by atoms with Crippen LogP contribution in [0.2, 0.25) is 0 Å². The van der Waals surface area contributed by atoms with E-state index in [9.17, 15) is 9.59 Å². The van der Waals surface area contributed by atoms with E-state index in [4.69, 9.17) is 4.74 Å². The van der Waals surface area contributed by atoms with Crippen LogP contribution in [0.3, 0.4) is 0 Å². The van der Waals surface area contributed by atoms with Crippen LogP contribution in [-0.2, 0) is 16.0 Å². The van der Waals surface area contributed by atoms with E-state index in [1.54, 1.807) is 45.0 Å². The average molecular weight is 407 g/mol. The van der Waals surface area contributed by atoms with Crippen molar-refractivity contribution >= 4 is 23.4 Å². The summed E-state index contributed by atoms with van der Waals surface area (Å²) in [7, 11) is 0. The number of benzene rings is 2. The van der Waals surface area contributed by atoms with Gasteiger partial charge in [-0.1, -0.05) is 24.3 Å². The molecule has 3 aromatic rings. The van der Waals surface area contributed by atoms with E-state index in [2.05, 4.69) is 25.8 Å². The SMILES string of the molecule is Cc1nc(-c2cccc(NC(=O)Cc3ccc(NC(=O)OC(C)(C)C)cc3)c2)n[nH]1. The third kappa shape index (κ3) is 6.16. The quantitative estimate of drug-likeness (QED) is 0.584. The standard InChI is InChI=1S/C22H25N5O3/c1-14-23-20(27-26-14)16-6-5-7-18(13-16)24-19(28)12-15-8-10-17(11-9-15)25-21(29)30-22(2,3)4/h5-11,13H,12H2,1-4H3,(H,24,28)(H,25,29)(H,23,26,27). The maximum absolute atomic E-state index is 12.4. The predicted molar refractivity (Wildman–Crippen MR) is 115 cm³/mol. The maximum Gasteiger partial charge on any atom is 0.412 e. The number of hydrogen-bond donors (Lipinski definition) is 3. The van der Waals surface area contributed by atoms with Crippen molar-refractivity contribution in [1.82, 2.24) is 15.2 Å². The Hall–Kier alpha value is -3.68. The van der Waals surface area contributed by atoms with Crippen molar-refractivity contribution in [3.05, 3.63) is 59.9 Å². The molecule has 0 radical (unpaired) electrons. The first-order chi connectivity index (χ1) is 14.2. The Morgan fingerprint density at radius 3 is 2.40 bits per heavy atom. The van der Waals surface area contributed by atoms with Gasteiger partial charge in [0, 0.05) is 16.9 Å². The van der Waals surface area contributed by atoms with Gasteiger partial charge in [0.1, 0.15) is 11.4 Å². The normalized spacial score (nSPS) is 11.1. The first kappa shape index (κ1) is 21.0. The molecule has 0 atom stereocenters. The van der Waals surface area contributed by atoms with Crippen molar-refractivity contribution in [1.29, 1.82) is 0 Å². The summed E-state index contributed by atoms with van der Waals surface area (Å²) in [5.41, 5.74) is 2.34. The van der Waals surface area contributed by atoms with Gasteiger partial charge in [-0.2, -0.15) is 5.10 Å². The van der Waals surface area contributed by atoms with Gasteiger partial charge in [-0.05, 0) is 57.5 Å². The first-order valence-electron chi connectivity index (χ1n) is 9.56. The fourth-order valence-electron chi connectivity index (χ4n) is 2.73. The number of ether oxygens (including phenoxy) is 1. The number of aryl methyl sites for hydroxylation is 1. The molecule has 3 rings (SSSR count). The minimum absolute atomic E-state index is 0.147. The summed E-state index contributed by atoms with van der Waals surface area (Å²) < 4.78 is 5.22. The number of carbonyl (C=O) groups excluding carboxylic acids is 2. The van der Waals surface area contributed by atoms with Gasteiger partial charge >= 0.3 is 6.09 Å². The van der Waals surface area contributed by atoms with Crippen LogP contribution < -0.4 is 10.6 Å². The largest absolute Gasteiger partial charge is 0.444 e. The van der Waals surface area contributed by atoms with Gasteiger partial charge in [0.05, 0.1) is 6.42 Å². The molecule has 1 heterocycles. The number of rotatable bonds is 5. The zero-order valence-electron chi connectivity index (χ0n) is 17.4. The number of amides is 2. The highest BCUT2D eigenvalue weighted by atomic mass is 16.6. The van der Waals surface area contributed by atoms with Gasteiger partial charge in [0.2, 0.25) is 5.91 Å². The van der Waals surface area contributed by atoms with E-state index in [0.29, 0.717) is 17.2 Å². The molecule has 0 spiro atoms. The Bertz CT molecular complexity index is 1040. The second-order valence-electron chi connectivity index (χ2n) is 7.87. The molecule has 0 saturated heterocycles. The fourth-order valence-corrected chi connectivity index (χ4v) is 2.73. The molecule has 30 heavy (non-hydrogen) atoms. The second-order valence-corrected chi connectivity index (χ2v) is 7.87. The van der Waals surface area contributed by atoms with Gasteiger partial charge in [0.15, 0.2) is 5.82 Å². The van der Waals surface area contributed by atoms with Gasteiger partial charge in [-0.25, -0.2) is 9.78 Å². The number of nitrogens with zero attached hydrogens (tertiary/aromatic N) is 2. The number of nitrogens with one attached hydrogen (secondary N) is 3. The predicted octanol–water partition coefficient (Wildman–Crippen LogP) is 4.31. The summed E-state index contributed by atoms with van der Waals surface area (Å²) in [4.78, 5) is 28.5. The van der Waals surface area contributed by atoms with Crippen LogP contribution in [0.1, 0.15) is 32.2 Å². The number of H-pyrrole nitrogens is 1. The fraction of sp³-hybridized carbons (Fsp3) is 0.273. The van der Waals surface area contributed by atoms with E-state index >= 15 is 0 Å². The number of anilines is 2. The highest BCUT2D eigenvalue weighted by Gasteiger charge is 2.16. The van der Waals surface area contributed by atoms with E-state index < -0.39 is 11.7 Å². The summed E-state index contributed by atoms with van der Waals surface area (Å²) in [6.07, 6.45) is -0.314. The topological polar surface area (TPSA) is 109 Å². The molecule has 3 N–H and O–H groups in total. The second kappa shape index (κ2) is 8.77. The van der Waals surface area contributed by atoms with E-state index in [1.807, 2.05) is 31.2 Å². The number of aromatic amines is 1. The lowest BCUT2D eigenvalue weighted by atomic mass is 10.1. The Morgan fingerprint density at radius 2 is 1.77 bits per heavy atom. The summed E-state index contributed by atoms with van der Waals surface area (Å²) in [5, 5.41) is 12.5. The molecule has 0 unspecified atom stereocenters.